The third-order valence-electron chi connectivity index (χ3n) is 5.18. The second-order valence-electron chi connectivity index (χ2n) is 7.71. The zero-order chi connectivity index (χ0) is 23.8. The molecule has 2 aromatic carbocycles. The van der Waals surface area contributed by atoms with E-state index in [2.05, 4.69) is 5.32 Å². The maximum atomic E-state index is 13.2. The first-order valence-electron chi connectivity index (χ1n) is 10.5. The van der Waals surface area contributed by atoms with Crippen LogP contribution in [-0.4, -0.2) is 57.0 Å². The summed E-state index contributed by atoms with van der Waals surface area (Å²) in [7, 11) is 0. The van der Waals surface area contributed by atoms with Crippen LogP contribution in [0.2, 0.25) is 0 Å². The summed E-state index contributed by atoms with van der Waals surface area (Å²) in [5.74, 6) is -1.72. The Balaban J connectivity index is 1.74. The Morgan fingerprint density at radius 3 is 2.36 bits per heavy atom. The smallest absolute Gasteiger partial charge is 0.323 e. The molecule has 0 aromatic heterocycles. The van der Waals surface area contributed by atoms with Gasteiger partial charge in [-0.25, -0.2) is 0 Å². The van der Waals surface area contributed by atoms with Gasteiger partial charge in [-0.2, -0.15) is 0 Å². The Bertz CT molecular complexity index is 987. The second-order valence-corrected chi connectivity index (χ2v) is 10.0. The highest BCUT2D eigenvalue weighted by Crippen LogP contribution is 2.37. The standard InChI is InChI=1S/C24H26N2O5S2/c1-16(27)32-14-19(12-17-8-4-2-5-9-17)22(30)25-20-15-33-24(18-10-6-3-7-11-18)26(23(20)31)13-21(28)29/h2-11,19-20,24H,12-15H2,1H3,(H,25,30)(H,28,29). The number of carboxylic acid groups (broad SMARTS) is 1. The van der Waals surface area contributed by atoms with Gasteiger partial charge < -0.3 is 15.3 Å². The number of carbonyl (C=O) groups is 4. The normalized spacial score (nSPS) is 19.1. The fourth-order valence-corrected chi connectivity index (χ4v) is 5.62. The molecule has 3 atom stereocenters. The Hall–Kier alpha value is -2.78. The molecule has 1 fully saturated rings. The van der Waals surface area contributed by atoms with Crippen LogP contribution >= 0.6 is 23.5 Å². The van der Waals surface area contributed by atoms with Crippen LogP contribution in [0.4, 0.5) is 0 Å². The van der Waals surface area contributed by atoms with Crippen molar-refractivity contribution < 1.29 is 24.3 Å². The van der Waals surface area contributed by atoms with E-state index in [9.17, 15) is 24.3 Å². The van der Waals surface area contributed by atoms with E-state index in [0.717, 1.165) is 22.9 Å². The number of nitrogens with zero attached hydrogens (tertiary/aromatic N) is 1. The largest absolute Gasteiger partial charge is 0.480 e. The molecule has 1 saturated heterocycles. The van der Waals surface area contributed by atoms with E-state index >= 15 is 0 Å². The highest BCUT2D eigenvalue weighted by atomic mass is 32.2. The molecule has 0 bridgehead atoms. The molecule has 174 valence electrons. The van der Waals surface area contributed by atoms with Crippen molar-refractivity contribution in [2.24, 2.45) is 5.92 Å². The Morgan fingerprint density at radius 2 is 1.76 bits per heavy atom. The van der Waals surface area contributed by atoms with Crippen molar-refractivity contribution in [1.29, 1.82) is 0 Å². The zero-order valence-corrected chi connectivity index (χ0v) is 19.8. The van der Waals surface area contributed by atoms with Gasteiger partial charge in [-0.1, -0.05) is 72.4 Å². The highest BCUT2D eigenvalue weighted by Gasteiger charge is 2.39. The first kappa shape index (κ1) is 24.9. The van der Waals surface area contributed by atoms with E-state index < -0.39 is 35.8 Å². The van der Waals surface area contributed by atoms with Gasteiger partial charge in [0.1, 0.15) is 18.0 Å². The lowest BCUT2D eigenvalue weighted by Crippen LogP contribution is -2.56. The average Bonchev–Trinajstić information content (AvgIpc) is 2.80. The number of hydrogen-bond donors (Lipinski definition) is 2. The molecule has 2 N–H and O–H groups in total. The summed E-state index contributed by atoms with van der Waals surface area (Å²) in [5.41, 5.74) is 1.80. The van der Waals surface area contributed by atoms with Crippen molar-refractivity contribution >= 4 is 46.4 Å². The third-order valence-corrected chi connectivity index (χ3v) is 7.52. The number of hydrogen-bond acceptors (Lipinski definition) is 6. The molecule has 7 nitrogen and oxygen atoms in total. The van der Waals surface area contributed by atoms with E-state index in [1.165, 1.54) is 23.6 Å². The summed E-state index contributed by atoms with van der Waals surface area (Å²) >= 11 is 2.50. The van der Waals surface area contributed by atoms with Gasteiger partial charge in [0, 0.05) is 18.4 Å². The molecule has 0 saturated carbocycles. The third kappa shape index (κ3) is 7.10. The summed E-state index contributed by atoms with van der Waals surface area (Å²) in [5, 5.41) is 11.7. The first-order chi connectivity index (χ1) is 15.8. The van der Waals surface area contributed by atoms with Gasteiger partial charge >= 0.3 is 5.97 Å². The number of rotatable bonds is 9. The molecule has 2 amide bonds. The van der Waals surface area contributed by atoms with Crippen LogP contribution in [0.5, 0.6) is 0 Å². The van der Waals surface area contributed by atoms with Gasteiger partial charge in [-0.3, -0.25) is 19.2 Å². The minimum absolute atomic E-state index is 0.0801. The van der Waals surface area contributed by atoms with Crippen molar-refractivity contribution in [3.8, 4) is 0 Å². The lowest BCUT2D eigenvalue weighted by Gasteiger charge is -2.38. The molecule has 1 aliphatic heterocycles. The van der Waals surface area contributed by atoms with E-state index in [-0.39, 0.29) is 11.0 Å². The molecule has 0 aliphatic carbocycles. The van der Waals surface area contributed by atoms with Gasteiger partial charge in [0.2, 0.25) is 11.8 Å². The molecule has 1 aliphatic rings. The van der Waals surface area contributed by atoms with Crippen LogP contribution in [0.3, 0.4) is 0 Å². The van der Waals surface area contributed by atoms with Crippen LogP contribution in [0, 0.1) is 5.92 Å². The van der Waals surface area contributed by atoms with Crippen molar-refractivity contribution in [1.82, 2.24) is 10.2 Å². The molecule has 3 unspecified atom stereocenters. The van der Waals surface area contributed by atoms with Crippen molar-refractivity contribution in [2.75, 3.05) is 18.1 Å². The fraction of sp³-hybridized carbons (Fsp3) is 0.333. The summed E-state index contributed by atoms with van der Waals surface area (Å²) < 4.78 is 0. The lowest BCUT2D eigenvalue weighted by molar-refractivity contribution is -0.146. The molecule has 2 aromatic rings. The monoisotopic (exact) mass is 486 g/mol. The minimum Gasteiger partial charge on any atom is -0.480 e. The van der Waals surface area contributed by atoms with E-state index in [0.29, 0.717) is 17.9 Å². The fourth-order valence-electron chi connectivity index (χ4n) is 3.60. The number of nitrogens with one attached hydrogen (secondary N) is 1. The lowest BCUT2D eigenvalue weighted by atomic mass is 10.00. The number of carbonyl (C=O) groups excluding carboxylic acids is 3. The second kappa shape index (κ2) is 11.9. The topological polar surface area (TPSA) is 104 Å². The Kier molecular flexibility index (Phi) is 8.96. The maximum absolute atomic E-state index is 13.2. The van der Waals surface area contributed by atoms with Gasteiger partial charge in [0.15, 0.2) is 5.12 Å². The average molecular weight is 487 g/mol. The molecular weight excluding hydrogens is 460 g/mol. The number of amides is 2. The van der Waals surface area contributed by atoms with Gasteiger partial charge in [-0.15, -0.1) is 11.8 Å². The summed E-state index contributed by atoms with van der Waals surface area (Å²) in [6.07, 6.45) is 0.437. The zero-order valence-electron chi connectivity index (χ0n) is 18.2. The van der Waals surface area contributed by atoms with E-state index in [1.54, 1.807) is 0 Å². The quantitative estimate of drug-likeness (QED) is 0.562. The number of thioether (sulfide) groups is 2. The van der Waals surface area contributed by atoms with E-state index in [4.69, 9.17) is 0 Å². The number of carboxylic acids is 1. The summed E-state index contributed by atoms with van der Waals surface area (Å²) in [4.78, 5) is 50.6. The summed E-state index contributed by atoms with van der Waals surface area (Å²) in [6.45, 7) is 1.00. The Morgan fingerprint density at radius 1 is 1.12 bits per heavy atom. The molecule has 1 heterocycles. The molecule has 3 rings (SSSR count). The highest BCUT2D eigenvalue weighted by molar-refractivity contribution is 8.13. The SMILES string of the molecule is CC(=O)SCC(Cc1ccccc1)C(=O)NC1CSC(c2ccccc2)N(CC(=O)O)C1=O. The maximum Gasteiger partial charge on any atom is 0.323 e. The van der Waals surface area contributed by atoms with Gasteiger partial charge in [0.05, 0.1) is 5.92 Å². The van der Waals surface area contributed by atoms with Crippen molar-refractivity contribution in [3.63, 3.8) is 0 Å². The first-order valence-corrected chi connectivity index (χ1v) is 12.5. The van der Waals surface area contributed by atoms with E-state index in [1.807, 2.05) is 60.7 Å². The van der Waals surface area contributed by atoms with Crippen molar-refractivity contribution in [3.05, 3.63) is 71.8 Å². The molecule has 0 spiro atoms. The molecule has 9 heteroatoms. The van der Waals surface area contributed by atoms with Crippen LogP contribution in [0.1, 0.15) is 23.4 Å². The predicted octanol–water partition coefficient (Wildman–Crippen LogP) is 2.97. The number of aliphatic carboxylic acids is 1. The van der Waals surface area contributed by atoms with Crippen LogP contribution in [0.25, 0.3) is 0 Å². The predicted molar refractivity (Wildman–Crippen MR) is 130 cm³/mol. The summed E-state index contributed by atoms with van der Waals surface area (Å²) in [6, 6.07) is 17.9. The molecule has 0 radical (unpaired) electrons. The van der Waals surface area contributed by atoms with Gasteiger partial charge in [0.25, 0.3) is 0 Å². The molecular formula is C24H26N2O5S2. The van der Waals surface area contributed by atoms with Gasteiger partial charge in [-0.05, 0) is 17.5 Å². The Labute approximate surface area is 201 Å². The number of benzene rings is 2. The van der Waals surface area contributed by atoms with Crippen LogP contribution in [-0.2, 0) is 25.6 Å². The van der Waals surface area contributed by atoms with Crippen LogP contribution < -0.4 is 5.32 Å². The minimum atomic E-state index is -1.11. The van der Waals surface area contributed by atoms with Crippen molar-refractivity contribution in [2.45, 2.75) is 24.8 Å². The molecule has 33 heavy (non-hydrogen) atoms. The van der Waals surface area contributed by atoms with Crippen LogP contribution in [0.15, 0.2) is 60.7 Å².